The lowest BCUT2D eigenvalue weighted by atomic mass is 9.81. The van der Waals surface area contributed by atoms with E-state index >= 15 is 0 Å². The van der Waals surface area contributed by atoms with Gasteiger partial charge in [0.1, 0.15) is 0 Å². The number of hydrogen-bond acceptors (Lipinski definition) is 1. The molecule has 0 saturated heterocycles. The van der Waals surface area contributed by atoms with Gasteiger partial charge in [-0.3, -0.25) is 4.79 Å². The van der Waals surface area contributed by atoms with Gasteiger partial charge in [-0.15, -0.1) is 0 Å². The molecule has 2 unspecified atom stereocenters. The van der Waals surface area contributed by atoms with E-state index in [4.69, 9.17) is 0 Å². The zero-order valence-electron chi connectivity index (χ0n) is 21.5. The molecule has 0 aromatic rings. The summed E-state index contributed by atoms with van der Waals surface area (Å²) in [6.45, 7) is 6.65. The molecule has 2 heteroatoms. The van der Waals surface area contributed by atoms with E-state index in [0.717, 1.165) is 32.1 Å². The Hall–Kier alpha value is -0.790. The number of hydrogen-bond donors (Lipinski definition) is 1. The number of rotatable bonds is 24. The number of carboxylic acid groups (broad SMARTS) is 1. The maximum absolute atomic E-state index is 11.8. The first-order chi connectivity index (χ1) is 15.2. The number of allylic oxidation sites excluding steroid dienone is 2. The second-order valence-electron chi connectivity index (χ2n) is 9.72. The molecule has 0 radical (unpaired) electrons. The molecule has 0 aliphatic rings. The quantitative estimate of drug-likeness (QED) is 0.121. The molecule has 31 heavy (non-hydrogen) atoms. The highest BCUT2D eigenvalue weighted by Gasteiger charge is 2.26. The van der Waals surface area contributed by atoms with Crippen LogP contribution in [0.15, 0.2) is 12.2 Å². The Morgan fingerprint density at radius 3 is 1.52 bits per heavy atom. The molecule has 0 aromatic heterocycles. The van der Waals surface area contributed by atoms with Crippen LogP contribution in [-0.2, 0) is 4.79 Å². The van der Waals surface area contributed by atoms with Crippen molar-refractivity contribution in [1.29, 1.82) is 0 Å². The van der Waals surface area contributed by atoms with Crippen LogP contribution < -0.4 is 0 Å². The second-order valence-corrected chi connectivity index (χ2v) is 9.72. The molecule has 184 valence electrons. The minimum absolute atomic E-state index is 0.116. The lowest BCUT2D eigenvalue weighted by molar-refractivity contribution is -0.144. The van der Waals surface area contributed by atoms with Crippen LogP contribution in [0, 0.1) is 11.8 Å². The molecule has 0 saturated carbocycles. The molecule has 0 aliphatic carbocycles. The lowest BCUT2D eigenvalue weighted by Gasteiger charge is -2.24. The molecule has 0 spiro atoms. The Morgan fingerprint density at radius 1 is 0.581 bits per heavy atom. The van der Waals surface area contributed by atoms with E-state index in [2.05, 4.69) is 32.9 Å². The standard InChI is InChI=1S/C29H56O2/c1-4-7-10-11-12-13-14-15-16-17-18-19-20-21-22-23-25-27(24-8-5-2)28(29(30)31)26-9-6-3/h15-16,27-28H,4-14,17-26H2,1-3H3,(H,30,31). The van der Waals surface area contributed by atoms with Crippen LogP contribution in [-0.4, -0.2) is 11.1 Å². The Kier molecular flexibility index (Phi) is 23.3. The molecule has 0 aromatic carbocycles. The van der Waals surface area contributed by atoms with Crippen LogP contribution in [0.25, 0.3) is 0 Å². The Morgan fingerprint density at radius 2 is 1.00 bits per heavy atom. The summed E-state index contributed by atoms with van der Waals surface area (Å²) >= 11 is 0. The summed E-state index contributed by atoms with van der Waals surface area (Å²) in [5.41, 5.74) is 0. The van der Waals surface area contributed by atoms with Gasteiger partial charge in [-0.1, -0.05) is 123 Å². The van der Waals surface area contributed by atoms with Gasteiger partial charge in [0.05, 0.1) is 5.92 Å². The first-order valence-corrected chi connectivity index (χ1v) is 14.0. The molecule has 2 atom stereocenters. The third-order valence-electron chi connectivity index (χ3n) is 6.77. The Balaban J connectivity index is 3.76. The largest absolute Gasteiger partial charge is 0.481 e. The highest BCUT2D eigenvalue weighted by Crippen LogP contribution is 2.29. The summed E-state index contributed by atoms with van der Waals surface area (Å²) in [7, 11) is 0. The topological polar surface area (TPSA) is 37.3 Å². The summed E-state index contributed by atoms with van der Waals surface area (Å²) in [5.74, 6) is -0.283. The van der Waals surface area contributed by atoms with Crippen LogP contribution in [0.1, 0.15) is 156 Å². The fourth-order valence-electron chi connectivity index (χ4n) is 4.65. The number of carboxylic acids is 1. The van der Waals surface area contributed by atoms with Crippen molar-refractivity contribution in [2.24, 2.45) is 11.8 Å². The van der Waals surface area contributed by atoms with Gasteiger partial charge in [0.25, 0.3) is 0 Å². The van der Waals surface area contributed by atoms with Crippen LogP contribution in [0.2, 0.25) is 0 Å². The monoisotopic (exact) mass is 436 g/mol. The molecule has 0 aliphatic heterocycles. The van der Waals surface area contributed by atoms with Crippen molar-refractivity contribution in [3.8, 4) is 0 Å². The predicted molar refractivity (Wildman–Crippen MR) is 138 cm³/mol. The Bertz CT molecular complexity index is 402. The van der Waals surface area contributed by atoms with Gasteiger partial charge < -0.3 is 5.11 Å². The van der Waals surface area contributed by atoms with Crippen LogP contribution in [0.5, 0.6) is 0 Å². The second kappa shape index (κ2) is 23.9. The average Bonchev–Trinajstić information content (AvgIpc) is 2.76. The average molecular weight is 437 g/mol. The van der Waals surface area contributed by atoms with Crippen molar-refractivity contribution in [2.45, 2.75) is 156 Å². The molecule has 0 amide bonds. The molecule has 0 bridgehead atoms. The van der Waals surface area contributed by atoms with E-state index in [1.165, 1.54) is 103 Å². The zero-order valence-corrected chi connectivity index (χ0v) is 21.5. The minimum atomic E-state index is -0.556. The summed E-state index contributed by atoms with van der Waals surface area (Å²) in [4.78, 5) is 11.8. The highest BCUT2D eigenvalue weighted by molar-refractivity contribution is 5.70. The van der Waals surface area contributed by atoms with Crippen LogP contribution >= 0.6 is 0 Å². The summed E-state index contributed by atoms with van der Waals surface area (Å²) in [6.07, 6.45) is 31.0. The van der Waals surface area contributed by atoms with Crippen molar-refractivity contribution in [2.75, 3.05) is 0 Å². The van der Waals surface area contributed by atoms with Crippen molar-refractivity contribution in [1.82, 2.24) is 0 Å². The maximum Gasteiger partial charge on any atom is 0.306 e. The van der Waals surface area contributed by atoms with Crippen molar-refractivity contribution in [3.63, 3.8) is 0 Å². The van der Waals surface area contributed by atoms with E-state index < -0.39 is 5.97 Å². The smallest absolute Gasteiger partial charge is 0.306 e. The van der Waals surface area contributed by atoms with Gasteiger partial charge in [0.2, 0.25) is 0 Å². The van der Waals surface area contributed by atoms with Gasteiger partial charge in [-0.25, -0.2) is 0 Å². The fraction of sp³-hybridized carbons (Fsp3) is 0.897. The Labute approximate surface area is 195 Å². The summed E-state index contributed by atoms with van der Waals surface area (Å²) in [5, 5.41) is 9.70. The van der Waals surface area contributed by atoms with E-state index in [0.29, 0.717) is 5.92 Å². The van der Waals surface area contributed by atoms with E-state index in [-0.39, 0.29) is 5.92 Å². The maximum atomic E-state index is 11.8. The molecule has 0 rings (SSSR count). The SMILES string of the molecule is CCCCCCCCC=CCCCCCCCCC(CCCC)C(CCCC)C(=O)O. The van der Waals surface area contributed by atoms with Crippen molar-refractivity contribution >= 4 is 5.97 Å². The molecular weight excluding hydrogens is 380 g/mol. The summed E-state index contributed by atoms with van der Waals surface area (Å²) < 4.78 is 0. The summed E-state index contributed by atoms with van der Waals surface area (Å²) in [6, 6.07) is 0. The fourth-order valence-corrected chi connectivity index (χ4v) is 4.65. The molecule has 0 heterocycles. The molecular formula is C29H56O2. The highest BCUT2D eigenvalue weighted by atomic mass is 16.4. The third kappa shape index (κ3) is 19.6. The minimum Gasteiger partial charge on any atom is -0.481 e. The first kappa shape index (κ1) is 30.2. The van der Waals surface area contributed by atoms with Crippen LogP contribution in [0.3, 0.4) is 0 Å². The number of aliphatic carboxylic acids is 1. The van der Waals surface area contributed by atoms with E-state index in [1.807, 2.05) is 0 Å². The zero-order chi connectivity index (χ0) is 23.0. The molecule has 2 nitrogen and oxygen atoms in total. The van der Waals surface area contributed by atoms with Gasteiger partial charge in [0.15, 0.2) is 0 Å². The van der Waals surface area contributed by atoms with E-state index in [9.17, 15) is 9.90 Å². The normalized spacial score (nSPS) is 13.6. The number of unbranched alkanes of at least 4 members (excludes halogenated alkanes) is 14. The number of carbonyl (C=O) groups is 1. The predicted octanol–water partition coefficient (Wildman–Crippen LogP) is 10.1. The van der Waals surface area contributed by atoms with Gasteiger partial charge in [0, 0.05) is 0 Å². The molecule has 0 fully saturated rings. The van der Waals surface area contributed by atoms with Gasteiger partial charge in [-0.2, -0.15) is 0 Å². The van der Waals surface area contributed by atoms with E-state index in [1.54, 1.807) is 0 Å². The van der Waals surface area contributed by atoms with Crippen molar-refractivity contribution in [3.05, 3.63) is 12.2 Å². The van der Waals surface area contributed by atoms with Crippen LogP contribution in [0.4, 0.5) is 0 Å². The third-order valence-corrected chi connectivity index (χ3v) is 6.77. The lowest BCUT2D eigenvalue weighted by Crippen LogP contribution is -2.24. The van der Waals surface area contributed by atoms with Gasteiger partial charge >= 0.3 is 5.97 Å². The van der Waals surface area contributed by atoms with Gasteiger partial charge in [-0.05, 0) is 50.9 Å². The molecule has 1 N–H and O–H groups in total. The van der Waals surface area contributed by atoms with Crippen molar-refractivity contribution < 1.29 is 9.90 Å². The first-order valence-electron chi connectivity index (χ1n) is 14.0.